The number of hydrogen-bond donors (Lipinski definition) is 0. The highest BCUT2D eigenvalue weighted by molar-refractivity contribution is 6.69. The number of hydrogen-bond acceptors (Lipinski definition) is 3. The van der Waals surface area contributed by atoms with Gasteiger partial charge in [-0.1, -0.05) is 6.92 Å². The molecule has 0 aromatic heterocycles. The molecule has 0 bridgehead atoms. The van der Waals surface area contributed by atoms with E-state index in [-0.39, 0.29) is 18.0 Å². The predicted octanol–water partition coefficient (Wildman–Crippen LogP) is 2.16. The third-order valence-corrected chi connectivity index (χ3v) is 2.81. The lowest BCUT2D eigenvalue weighted by molar-refractivity contribution is -0.131. The Morgan fingerprint density at radius 3 is 2.14 bits per heavy atom. The summed E-state index contributed by atoms with van der Waals surface area (Å²) < 4.78 is 5.58. The van der Waals surface area contributed by atoms with Crippen LogP contribution >= 0.6 is 0 Å². The summed E-state index contributed by atoms with van der Waals surface area (Å²) in [6, 6.07) is 0. The summed E-state index contributed by atoms with van der Waals surface area (Å²) in [6.45, 7) is 9.57. The topological polar surface area (TPSA) is 43.4 Å². The van der Waals surface area contributed by atoms with Crippen molar-refractivity contribution in [3.8, 4) is 0 Å². The van der Waals surface area contributed by atoms with Crippen LogP contribution in [0.3, 0.4) is 0 Å². The molecule has 0 heterocycles. The molecule has 1 atom stereocenters. The van der Waals surface area contributed by atoms with E-state index in [4.69, 9.17) is 4.43 Å². The first-order valence-electron chi connectivity index (χ1n) is 4.98. The van der Waals surface area contributed by atoms with E-state index in [9.17, 15) is 9.59 Å². The summed E-state index contributed by atoms with van der Waals surface area (Å²) in [5, 5.41) is 0. The van der Waals surface area contributed by atoms with E-state index in [2.05, 4.69) is 0 Å². The number of ketones is 2. The number of Topliss-reactive ketones (excluding diaryl/α,β-unsaturated/α-hetero) is 2. The van der Waals surface area contributed by atoms with Crippen LogP contribution in [0.15, 0.2) is 0 Å². The van der Waals surface area contributed by atoms with Crippen LogP contribution in [-0.4, -0.2) is 26.0 Å². The molecule has 0 saturated heterocycles. The van der Waals surface area contributed by atoms with Gasteiger partial charge in [0, 0.05) is 6.42 Å². The quantitative estimate of drug-likeness (QED) is 0.505. The second kappa shape index (κ2) is 5.41. The molecular formula is C10H20O3Si. The van der Waals surface area contributed by atoms with Crippen LogP contribution in [-0.2, 0) is 14.0 Å². The van der Waals surface area contributed by atoms with Crippen molar-refractivity contribution in [2.75, 3.05) is 0 Å². The van der Waals surface area contributed by atoms with Crippen molar-refractivity contribution in [3.05, 3.63) is 0 Å². The highest BCUT2D eigenvalue weighted by Gasteiger charge is 2.23. The molecule has 0 saturated carbocycles. The van der Waals surface area contributed by atoms with Gasteiger partial charge in [-0.15, -0.1) is 0 Å². The minimum absolute atomic E-state index is 0.0129. The summed E-state index contributed by atoms with van der Waals surface area (Å²) in [5.74, 6) is -0.111. The monoisotopic (exact) mass is 216 g/mol. The van der Waals surface area contributed by atoms with Crippen molar-refractivity contribution < 1.29 is 14.0 Å². The fourth-order valence-electron chi connectivity index (χ4n) is 1.06. The first-order chi connectivity index (χ1) is 6.26. The van der Waals surface area contributed by atoms with Crippen LogP contribution in [0.2, 0.25) is 19.6 Å². The molecular weight excluding hydrogens is 196 g/mol. The van der Waals surface area contributed by atoms with Crippen molar-refractivity contribution in [1.82, 2.24) is 0 Å². The molecule has 1 unspecified atom stereocenters. The van der Waals surface area contributed by atoms with E-state index in [1.807, 2.05) is 19.6 Å². The zero-order valence-corrected chi connectivity index (χ0v) is 10.7. The molecule has 0 amide bonds. The normalized spacial score (nSPS) is 13.8. The Hall–Kier alpha value is -0.483. The Morgan fingerprint density at radius 2 is 1.79 bits per heavy atom. The molecule has 0 aliphatic heterocycles. The molecule has 0 aromatic rings. The lowest BCUT2D eigenvalue weighted by Crippen LogP contribution is -2.35. The average Bonchev–Trinajstić information content (AvgIpc) is 2.00. The van der Waals surface area contributed by atoms with Gasteiger partial charge in [-0.25, -0.2) is 0 Å². The van der Waals surface area contributed by atoms with Crippen molar-refractivity contribution in [2.24, 2.45) is 0 Å². The van der Waals surface area contributed by atoms with Crippen molar-refractivity contribution in [1.29, 1.82) is 0 Å². The van der Waals surface area contributed by atoms with Gasteiger partial charge in [0.15, 0.2) is 14.1 Å². The van der Waals surface area contributed by atoms with E-state index in [1.54, 1.807) is 13.8 Å². The van der Waals surface area contributed by atoms with Crippen molar-refractivity contribution >= 4 is 19.9 Å². The standard InChI is InChI=1S/C10H20O3Si/c1-6-9(11)7-10(12)8(2)13-14(3,4)5/h8H,6-7H2,1-5H3. The van der Waals surface area contributed by atoms with Crippen LogP contribution in [0, 0.1) is 0 Å². The second-order valence-corrected chi connectivity index (χ2v) is 8.87. The Balaban J connectivity index is 4.07. The van der Waals surface area contributed by atoms with Crippen molar-refractivity contribution in [2.45, 2.75) is 52.4 Å². The average molecular weight is 216 g/mol. The lowest BCUT2D eigenvalue weighted by atomic mass is 10.1. The molecule has 3 nitrogen and oxygen atoms in total. The zero-order valence-electron chi connectivity index (χ0n) is 9.72. The molecule has 0 radical (unpaired) electrons. The highest BCUT2D eigenvalue weighted by Crippen LogP contribution is 2.09. The third kappa shape index (κ3) is 6.04. The van der Waals surface area contributed by atoms with E-state index in [0.717, 1.165) is 0 Å². The molecule has 0 rings (SSSR count). The van der Waals surface area contributed by atoms with Crippen LogP contribution in [0.25, 0.3) is 0 Å². The Labute approximate surface area is 87.0 Å². The fourth-order valence-corrected chi connectivity index (χ4v) is 2.25. The van der Waals surface area contributed by atoms with Gasteiger partial charge in [0.25, 0.3) is 0 Å². The van der Waals surface area contributed by atoms with Gasteiger partial charge in [0.2, 0.25) is 0 Å². The molecule has 0 N–H and O–H groups in total. The maximum atomic E-state index is 11.5. The fraction of sp³-hybridized carbons (Fsp3) is 0.800. The second-order valence-electron chi connectivity index (χ2n) is 4.41. The van der Waals surface area contributed by atoms with Crippen LogP contribution in [0.1, 0.15) is 26.7 Å². The number of rotatable bonds is 6. The van der Waals surface area contributed by atoms with Gasteiger partial charge >= 0.3 is 0 Å². The van der Waals surface area contributed by atoms with Crippen LogP contribution < -0.4 is 0 Å². The summed E-state index contributed by atoms with van der Waals surface area (Å²) in [6.07, 6.45) is 0.00487. The van der Waals surface area contributed by atoms with Gasteiger partial charge in [0.05, 0.1) is 6.42 Å². The summed E-state index contributed by atoms with van der Waals surface area (Å²) >= 11 is 0. The van der Waals surface area contributed by atoms with Crippen LogP contribution in [0.4, 0.5) is 0 Å². The van der Waals surface area contributed by atoms with Gasteiger partial charge < -0.3 is 4.43 Å². The molecule has 0 aliphatic carbocycles. The molecule has 0 aliphatic rings. The SMILES string of the molecule is CCC(=O)CC(=O)C(C)O[Si](C)(C)C. The predicted molar refractivity (Wildman–Crippen MR) is 58.8 cm³/mol. The van der Waals surface area contributed by atoms with Gasteiger partial charge in [-0.2, -0.15) is 0 Å². The smallest absolute Gasteiger partial charge is 0.184 e. The van der Waals surface area contributed by atoms with E-state index < -0.39 is 14.4 Å². The number of carbonyl (C=O) groups is 2. The molecule has 14 heavy (non-hydrogen) atoms. The van der Waals surface area contributed by atoms with Gasteiger partial charge in [-0.05, 0) is 26.6 Å². The number of carbonyl (C=O) groups excluding carboxylic acids is 2. The van der Waals surface area contributed by atoms with Gasteiger partial charge in [0.1, 0.15) is 11.9 Å². The Kier molecular flexibility index (Phi) is 5.22. The van der Waals surface area contributed by atoms with Crippen molar-refractivity contribution in [3.63, 3.8) is 0 Å². The molecule has 0 fully saturated rings. The lowest BCUT2D eigenvalue weighted by Gasteiger charge is -2.22. The molecule has 0 aromatic carbocycles. The van der Waals surface area contributed by atoms with Gasteiger partial charge in [-0.3, -0.25) is 9.59 Å². The first-order valence-corrected chi connectivity index (χ1v) is 8.39. The zero-order chi connectivity index (χ0) is 11.4. The summed E-state index contributed by atoms with van der Waals surface area (Å²) in [4.78, 5) is 22.5. The first kappa shape index (κ1) is 13.5. The molecule has 82 valence electrons. The maximum absolute atomic E-state index is 11.5. The largest absolute Gasteiger partial charge is 0.408 e. The minimum Gasteiger partial charge on any atom is -0.408 e. The van der Waals surface area contributed by atoms with E-state index in [1.165, 1.54) is 0 Å². The Bertz CT molecular complexity index is 218. The minimum atomic E-state index is -1.68. The van der Waals surface area contributed by atoms with Crippen LogP contribution in [0.5, 0.6) is 0 Å². The van der Waals surface area contributed by atoms with E-state index in [0.29, 0.717) is 6.42 Å². The van der Waals surface area contributed by atoms with E-state index >= 15 is 0 Å². The third-order valence-electron chi connectivity index (χ3n) is 1.75. The molecule has 0 spiro atoms. The Morgan fingerprint density at radius 1 is 1.29 bits per heavy atom. The highest BCUT2D eigenvalue weighted by atomic mass is 28.4. The molecule has 4 heteroatoms. The summed E-state index contributed by atoms with van der Waals surface area (Å²) in [5.41, 5.74) is 0. The maximum Gasteiger partial charge on any atom is 0.184 e. The summed E-state index contributed by atoms with van der Waals surface area (Å²) in [7, 11) is -1.68.